The quantitative estimate of drug-likeness (QED) is 0.632. The Morgan fingerprint density at radius 3 is 2.45 bits per heavy atom. The number of benzene rings is 1. The van der Waals surface area contributed by atoms with Gasteiger partial charge in [0.1, 0.15) is 5.84 Å². The van der Waals surface area contributed by atoms with Crippen LogP contribution in [0, 0.1) is 5.41 Å². The molecular formula is C17H21N3O2. The fraction of sp³-hybridized carbons (Fsp3) is 0.294. The Morgan fingerprint density at radius 2 is 1.91 bits per heavy atom. The van der Waals surface area contributed by atoms with Gasteiger partial charge in [-0.3, -0.25) is 10.2 Å². The molecule has 3 N–H and O–H groups in total. The highest BCUT2D eigenvalue weighted by Crippen LogP contribution is 2.19. The second-order valence-electron chi connectivity index (χ2n) is 5.05. The first kappa shape index (κ1) is 16.0. The molecule has 0 radical (unpaired) electrons. The number of pyridine rings is 1. The van der Waals surface area contributed by atoms with E-state index in [1.807, 2.05) is 18.2 Å². The summed E-state index contributed by atoms with van der Waals surface area (Å²) in [6.45, 7) is 2.94. The normalized spacial score (nSPS) is 10.6. The summed E-state index contributed by atoms with van der Waals surface area (Å²) in [7, 11) is 1.59. The van der Waals surface area contributed by atoms with Gasteiger partial charge < -0.3 is 15.0 Å². The summed E-state index contributed by atoms with van der Waals surface area (Å²) in [5.41, 5.74) is 8.43. The molecule has 5 nitrogen and oxygen atoms in total. The van der Waals surface area contributed by atoms with E-state index in [9.17, 15) is 4.79 Å². The Hall–Kier alpha value is -2.40. The number of aromatic nitrogens is 1. The summed E-state index contributed by atoms with van der Waals surface area (Å²) in [5.74, 6) is -0.218. The number of hydrogen-bond acceptors (Lipinski definition) is 3. The number of nitrogens with zero attached hydrogens (tertiary/aromatic N) is 1. The number of nitrogen functional groups attached to an aromatic ring is 1. The topological polar surface area (TPSA) is 81.1 Å². The van der Waals surface area contributed by atoms with Crippen LogP contribution < -0.4 is 11.3 Å². The van der Waals surface area contributed by atoms with Gasteiger partial charge in [-0.2, -0.15) is 0 Å². The van der Waals surface area contributed by atoms with E-state index >= 15 is 0 Å². The van der Waals surface area contributed by atoms with E-state index in [2.05, 4.69) is 19.1 Å². The van der Waals surface area contributed by atoms with Crippen LogP contribution in [0.2, 0.25) is 0 Å². The molecule has 0 spiro atoms. The van der Waals surface area contributed by atoms with E-state index < -0.39 is 0 Å². The zero-order valence-electron chi connectivity index (χ0n) is 12.9. The van der Waals surface area contributed by atoms with Crippen molar-refractivity contribution in [2.24, 2.45) is 5.73 Å². The van der Waals surface area contributed by atoms with Crippen LogP contribution in [0.3, 0.4) is 0 Å². The minimum Gasteiger partial charge on any atom is -0.384 e. The molecule has 0 unspecified atom stereocenters. The molecule has 116 valence electrons. The molecule has 0 saturated carbocycles. The zero-order valence-corrected chi connectivity index (χ0v) is 12.9. The second-order valence-corrected chi connectivity index (χ2v) is 5.05. The van der Waals surface area contributed by atoms with E-state index in [0.717, 1.165) is 17.7 Å². The summed E-state index contributed by atoms with van der Waals surface area (Å²) >= 11 is 0. The fourth-order valence-electron chi connectivity index (χ4n) is 2.35. The SMILES string of the molecule is CCc1ccc(-c2ccc(C(=N)N)c(=O)n2CCOC)cc1. The molecule has 0 bridgehead atoms. The monoisotopic (exact) mass is 299 g/mol. The van der Waals surface area contributed by atoms with Gasteiger partial charge in [0.05, 0.1) is 17.9 Å². The summed E-state index contributed by atoms with van der Waals surface area (Å²) in [6.07, 6.45) is 0.972. The van der Waals surface area contributed by atoms with Gasteiger partial charge in [0.25, 0.3) is 5.56 Å². The first-order valence-corrected chi connectivity index (χ1v) is 7.25. The smallest absolute Gasteiger partial charge is 0.262 e. The molecule has 0 aliphatic rings. The maximum Gasteiger partial charge on any atom is 0.262 e. The van der Waals surface area contributed by atoms with Crippen molar-refractivity contribution >= 4 is 5.84 Å². The van der Waals surface area contributed by atoms with Gasteiger partial charge in [-0.15, -0.1) is 0 Å². The Bertz CT molecular complexity index is 718. The predicted octanol–water partition coefficient (Wildman–Crippen LogP) is 2.01. The highest BCUT2D eigenvalue weighted by molar-refractivity contribution is 5.94. The first-order valence-electron chi connectivity index (χ1n) is 7.25. The Balaban J connectivity index is 2.55. The van der Waals surface area contributed by atoms with E-state index in [4.69, 9.17) is 15.9 Å². The average molecular weight is 299 g/mol. The van der Waals surface area contributed by atoms with Crippen molar-refractivity contribution in [3.63, 3.8) is 0 Å². The van der Waals surface area contributed by atoms with Crippen LogP contribution in [-0.4, -0.2) is 24.1 Å². The molecule has 0 atom stereocenters. The minimum atomic E-state index is -0.262. The van der Waals surface area contributed by atoms with Crippen molar-refractivity contribution in [3.05, 3.63) is 57.9 Å². The third kappa shape index (κ3) is 3.26. The van der Waals surface area contributed by atoms with E-state index in [1.54, 1.807) is 17.7 Å². The molecule has 0 amide bonds. The Morgan fingerprint density at radius 1 is 1.23 bits per heavy atom. The van der Waals surface area contributed by atoms with Crippen LogP contribution >= 0.6 is 0 Å². The molecule has 1 aromatic heterocycles. The number of nitrogens with two attached hydrogens (primary N) is 1. The van der Waals surface area contributed by atoms with E-state index in [-0.39, 0.29) is 17.0 Å². The van der Waals surface area contributed by atoms with Gasteiger partial charge in [0, 0.05) is 13.7 Å². The van der Waals surface area contributed by atoms with Gasteiger partial charge in [0.2, 0.25) is 0 Å². The lowest BCUT2D eigenvalue weighted by molar-refractivity contribution is 0.186. The zero-order chi connectivity index (χ0) is 16.1. The van der Waals surface area contributed by atoms with Crippen molar-refractivity contribution in [1.82, 2.24) is 4.57 Å². The van der Waals surface area contributed by atoms with Crippen LogP contribution in [0.4, 0.5) is 0 Å². The van der Waals surface area contributed by atoms with Crippen molar-refractivity contribution < 1.29 is 4.74 Å². The molecule has 5 heteroatoms. The fourth-order valence-corrected chi connectivity index (χ4v) is 2.35. The maximum atomic E-state index is 12.5. The molecule has 2 aromatic rings. The minimum absolute atomic E-state index is 0.213. The van der Waals surface area contributed by atoms with Gasteiger partial charge in [-0.05, 0) is 29.7 Å². The van der Waals surface area contributed by atoms with Crippen LogP contribution in [-0.2, 0) is 17.7 Å². The lowest BCUT2D eigenvalue weighted by atomic mass is 10.1. The standard InChI is InChI=1S/C17H21N3O2/c1-3-12-4-6-13(7-5-12)15-9-8-14(16(18)19)17(21)20(15)10-11-22-2/h4-9H,3,10-11H2,1-2H3,(H3,18,19). The Labute approximate surface area is 129 Å². The number of amidine groups is 1. The van der Waals surface area contributed by atoms with Crippen molar-refractivity contribution in [3.8, 4) is 11.3 Å². The van der Waals surface area contributed by atoms with Gasteiger partial charge in [0.15, 0.2) is 0 Å². The number of rotatable bonds is 6. The molecule has 0 aliphatic heterocycles. The molecule has 0 saturated heterocycles. The molecule has 1 aromatic carbocycles. The molecule has 1 heterocycles. The van der Waals surface area contributed by atoms with Crippen LogP contribution in [0.15, 0.2) is 41.2 Å². The summed E-state index contributed by atoms with van der Waals surface area (Å²) < 4.78 is 6.70. The van der Waals surface area contributed by atoms with Crippen LogP contribution in [0.25, 0.3) is 11.3 Å². The summed E-state index contributed by atoms with van der Waals surface area (Å²) in [5, 5.41) is 7.51. The largest absolute Gasteiger partial charge is 0.384 e. The van der Waals surface area contributed by atoms with Crippen LogP contribution in [0.5, 0.6) is 0 Å². The molecular weight excluding hydrogens is 278 g/mol. The predicted molar refractivity (Wildman–Crippen MR) is 88.4 cm³/mol. The summed E-state index contributed by atoms with van der Waals surface area (Å²) in [6, 6.07) is 11.6. The first-order chi connectivity index (χ1) is 10.6. The third-order valence-corrected chi connectivity index (χ3v) is 3.64. The van der Waals surface area contributed by atoms with Crippen molar-refractivity contribution in [2.75, 3.05) is 13.7 Å². The van der Waals surface area contributed by atoms with Crippen LogP contribution in [0.1, 0.15) is 18.1 Å². The lowest BCUT2D eigenvalue weighted by Gasteiger charge is -2.14. The number of aryl methyl sites for hydroxylation is 1. The number of ether oxygens (including phenoxy) is 1. The van der Waals surface area contributed by atoms with E-state index in [1.165, 1.54) is 5.56 Å². The lowest BCUT2D eigenvalue weighted by Crippen LogP contribution is -2.31. The molecule has 0 aliphatic carbocycles. The molecule has 0 fully saturated rings. The molecule has 2 rings (SSSR count). The summed E-state index contributed by atoms with van der Waals surface area (Å²) in [4.78, 5) is 12.5. The second kappa shape index (κ2) is 7.04. The highest BCUT2D eigenvalue weighted by Gasteiger charge is 2.12. The van der Waals surface area contributed by atoms with E-state index in [0.29, 0.717) is 13.2 Å². The van der Waals surface area contributed by atoms with Gasteiger partial charge in [-0.25, -0.2) is 0 Å². The number of hydrogen-bond donors (Lipinski definition) is 2. The molecule has 22 heavy (non-hydrogen) atoms. The number of nitrogens with one attached hydrogen (secondary N) is 1. The maximum absolute atomic E-state index is 12.5. The number of methoxy groups -OCH3 is 1. The highest BCUT2D eigenvalue weighted by atomic mass is 16.5. The van der Waals surface area contributed by atoms with Gasteiger partial charge >= 0.3 is 0 Å². The van der Waals surface area contributed by atoms with Gasteiger partial charge in [-0.1, -0.05) is 31.2 Å². The van der Waals surface area contributed by atoms with Crippen molar-refractivity contribution in [2.45, 2.75) is 19.9 Å². The average Bonchev–Trinajstić information content (AvgIpc) is 2.53. The Kier molecular flexibility index (Phi) is 5.12. The third-order valence-electron chi connectivity index (χ3n) is 3.64. The van der Waals surface area contributed by atoms with Crippen molar-refractivity contribution in [1.29, 1.82) is 5.41 Å².